The molecule has 1 aliphatic heterocycles. The van der Waals surface area contributed by atoms with Crippen LogP contribution in [0.2, 0.25) is 0 Å². The molecule has 0 saturated carbocycles. The number of nitrogens with one attached hydrogen (secondary N) is 3. The van der Waals surface area contributed by atoms with Crippen molar-refractivity contribution >= 4 is 38.7 Å². The van der Waals surface area contributed by atoms with Gasteiger partial charge in [-0.25, -0.2) is 13.4 Å². The molecule has 33 heavy (non-hydrogen) atoms. The molecule has 11 heteroatoms. The predicted molar refractivity (Wildman–Crippen MR) is 122 cm³/mol. The van der Waals surface area contributed by atoms with Crippen molar-refractivity contribution in [2.24, 2.45) is 0 Å². The third-order valence-corrected chi connectivity index (χ3v) is 8.21. The number of rotatable bonds is 4. The minimum atomic E-state index is -3.94. The smallest absolute Gasteiger partial charge is 0.257 e. The Hall–Kier alpha value is -3.83. The Kier molecular flexibility index (Phi) is 5.06. The molecule has 4 aromatic rings. The average molecular weight is 480 g/mol. The molecule has 0 radical (unpaired) electrons. The van der Waals surface area contributed by atoms with Gasteiger partial charge in [0.05, 0.1) is 33.3 Å². The number of sulfone groups is 1. The van der Waals surface area contributed by atoms with Gasteiger partial charge in [-0.15, -0.1) is 11.3 Å². The average Bonchev–Trinajstić information content (AvgIpc) is 3.49. The number of carbonyl (C=O) groups is 2. The molecule has 166 valence electrons. The van der Waals surface area contributed by atoms with Gasteiger partial charge in [-0.1, -0.05) is 12.1 Å². The molecular formula is C22H17N5O4S2. The molecule has 0 spiro atoms. The maximum absolute atomic E-state index is 13.2. The largest absolute Gasteiger partial charge is 0.347 e. The molecule has 0 unspecified atom stereocenters. The van der Waals surface area contributed by atoms with Crippen LogP contribution in [0.1, 0.15) is 31.2 Å². The molecule has 9 nitrogen and oxygen atoms in total. The van der Waals surface area contributed by atoms with Crippen LogP contribution < -0.4 is 10.6 Å². The van der Waals surface area contributed by atoms with E-state index in [-0.39, 0.29) is 39.1 Å². The summed E-state index contributed by atoms with van der Waals surface area (Å²) in [6.45, 7) is 1.86. The fraction of sp³-hybridized carbons (Fsp3) is 0.0909. The highest BCUT2D eigenvalue weighted by atomic mass is 32.2. The molecule has 2 aromatic carbocycles. The van der Waals surface area contributed by atoms with E-state index in [1.54, 1.807) is 37.5 Å². The lowest BCUT2D eigenvalue weighted by atomic mass is 10.1. The second kappa shape index (κ2) is 7.94. The molecule has 0 bridgehead atoms. The summed E-state index contributed by atoms with van der Waals surface area (Å²) in [5, 5.41) is 13.0. The first-order chi connectivity index (χ1) is 15.9. The summed E-state index contributed by atoms with van der Waals surface area (Å²) in [6.07, 6.45) is 3.31. The molecular weight excluding hydrogens is 462 g/mol. The van der Waals surface area contributed by atoms with Gasteiger partial charge in [0.25, 0.3) is 11.8 Å². The number of aromatic nitrogens is 3. The second-order valence-corrected chi connectivity index (χ2v) is 10.4. The molecule has 0 saturated heterocycles. The number of fused-ring (bicyclic) bond motifs is 2. The van der Waals surface area contributed by atoms with Crippen LogP contribution in [0.25, 0.3) is 10.7 Å². The standard InChI is InChI=1S/C22H17N5O4S2/c1-12-14(20(28)23-10-13-11-24-22(32-13)16-8-9-25-27-16)6-7-18-19(12)26-21(29)15-4-2-3-5-17(15)33(18,30)31/h2-9,11H,10H2,1H3,(H,23,28)(H,25,27)(H,26,29). The van der Waals surface area contributed by atoms with Crippen LogP contribution in [0, 0.1) is 6.92 Å². The zero-order valence-corrected chi connectivity index (χ0v) is 18.9. The van der Waals surface area contributed by atoms with Crippen LogP contribution in [-0.4, -0.2) is 35.4 Å². The number of H-pyrrole nitrogens is 1. The van der Waals surface area contributed by atoms with Crippen molar-refractivity contribution in [2.45, 2.75) is 23.3 Å². The number of anilines is 1. The van der Waals surface area contributed by atoms with Crippen LogP contribution in [0.5, 0.6) is 0 Å². The van der Waals surface area contributed by atoms with Gasteiger partial charge in [0.2, 0.25) is 9.84 Å². The van der Waals surface area contributed by atoms with E-state index in [4.69, 9.17) is 0 Å². The maximum atomic E-state index is 13.2. The van der Waals surface area contributed by atoms with E-state index in [0.29, 0.717) is 5.56 Å². The predicted octanol–water partition coefficient (Wildman–Crippen LogP) is 3.17. The van der Waals surface area contributed by atoms with Crippen LogP contribution in [-0.2, 0) is 16.4 Å². The lowest BCUT2D eigenvalue weighted by Gasteiger charge is -2.14. The van der Waals surface area contributed by atoms with Gasteiger partial charge in [0, 0.05) is 22.8 Å². The molecule has 2 amide bonds. The van der Waals surface area contributed by atoms with Gasteiger partial charge in [0.15, 0.2) is 0 Å². The molecule has 0 aliphatic carbocycles. The lowest BCUT2D eigenvalue weighted by molar-refractivity contribution is 0.0949. The van der Waals surface area contributed by atoms with E-state index >= 15 is 0 Å². The van der Waals surface area contributed by atoms with E-state index in [1.807, 2.05) is 0 Å². The molecule has 3 heterocycles. The monoisotopic (exact) mass is 479 g/mol. The fourth-order valence-corrected chi connectivity index (χ4v) is 6.14. The molecule has 5 rings (SSSR count). The number of carbonyl (C=O) groups excluding carboxylic acids is 2. The van der Waals surface area contributed by atoms with E-state index in [1.165, 1.54) is 35.6 Å². The Morgan fingerprint density at radius 3 is 2.73 bits per heavy atom. The van der Waals surface area contributed by atoms with Crippen molar-refractivity contribution in [3.63, 3.8) is 0 Å². The number of thiazole rings is 1. The van der Waals surface area contributed by atoms with E-state index in [9.17, 15) is 18.0 Å². The SMILES string of the molecule is Cc1c(C(=O)NCc2cnc(-c3ccn[nH]3)s2)ccc2c1NC(=O)c1ccccc1S2(=O)=O. The number of nitrogens with zero attached hydrogens (tertiary/aromatic N) is 2. The van der Waals surface area contributed by atoms with Gasteiger partial charge in [-0.05, 0) is 42.8 Å². The van der Waals surface area contributed by atoms with Crippen LogP contribution in [0.15, 0.2) is 64.6 Å². The quantitative estimate of drug-likeness (QED) is 0.412. The second-order valence-electron chi connectivity index (χ2n) is 7.35. The van der Waals surface area contributed by atoms with Crippen molar-refractivity contribution in [2.75, 3.05) is 5.32 Å². The third-order valence-electron chi connectivity index (χ3n) is 5.33. The Morgan fingerprint density at radius 1 is 1.12 bits per heavy atom. The molecule has 0 atom stereocenters. The molecule has 1 aliphatic rings. The van der Waals surface area contributed by atoms with Crippen LogP contribution in [0.3, 0.4) is 0 Å². The van der Waals surface area contributed by atoms with Gasteiger partial charge >= 0.3 is 0 Å². The molecule has 0 fully saturated rings. The normalized spacial score (nSPS) is 14.0. The van der Waals surface area contributed by atoms with Gasteiger partial charge < -0.3 is 10.6 Å². The summed E-state index contributed by atoms with van der Waals surface area (Å²) in [4.78, 5) is 30.7. The maximum Gasteiger partial charge on any atom is 0.257 e. The minimum Gasteiger partial charge on any atom is -0.347 e. The third kappa shape index (κ3) is 3.60. The summed E-state index contributed by atoms with van der Waals surface area (Å²) in [5.41, 5.74) is 1.61. The number of hydrogen-bond acceptors (Lipinski definition) is 7. The highest BCUT2D eigenvalue weighted by Gasteiger charge is 2.32. The van der Waals surface area contributed by atoms with Crippen molar-refractivity contribution in [3.05, 3.63) is 76.4 Å². The highest BCUT2D eigenvalue weighted by Crippen LogP contribution is 2.36. The van der Waals surface area contributed by atoms with Crippen molar-refractivity contribution in [1.82, 2.24) is 20.5 Å². The van der Waals surface area contributed by atoms with Crippen LogP contribution >= 0.6 is 11.3 Å². The van der Waals surface area contributed by atoms with E-state index in [2.05, 4.69) is 25.8 Å². The van der Waals surface area contributed by atoms with E-state index in [0.717, 1.165) is 15.6 Å². The first kappa shape index (κ1) is 21.0. The highest BCUT2D eigenvalue weighted by molar-refractivity contribution is 7.91. The summed E-state index contributed by atoms with van der Waals surface area (Å²) in [5.74, 6) is -0.926. The van der Waals surface area contributed by atoms with Gasteiger partial charge in [-0.3, -0.25) is 14.7 Å². The summed E-state index contributed by atoms with van der Waals surface area (Å²) >= 11 is 1.42. The lowest BCUT2D eigenvalue weighted by Crippen LogP contribution is -2.24. The van der Waals surface area contributed by atoms with Crippen molar-refractivity contribution in [3.8, 4) is 10.7 Å². The van der Waals surface area contributed by atoms with Crippen LogP contribution in [0.4, 0.5) is 5.69 Å². The topological polar surface area (TPSA) is 134 Å². The minimum absolute atomic E-state index is 0.0403. The Bertz CT molecular complexity index is 1510. The summed E-state index contributed by atoms with van der Waals surface area (Å²) in [6, 6.07) is 10.7. The number of aromatic amines is 1. The number of benzene rings is 2. The van der Waals surface area contributed by atoms with Crippen molar-refractivity contribution < 1.29 is 18.0 Å². The van der Waals surface area contributed by atoms with E-state index < -0.39 is 15.7 Å². The zero-order chi connectivity index (χ0) is 23.2. The Balaban J connectivity index is 1.43. The first-order valence-electron chi connectivity index (χ1n) is 9.88. The molecule has 3 N–H and O–H groups in total. The van der Waals surface area contributed by atoms with Gasteiger partial charge in [0.1, 0.15) is 5.01 Å². The summed E-state index contributed by atoms with van der Waals surface area (Å²) in [7, 11) is -3.94. The fourth-order valence-electron chi connectivity index (χ4n) is 3.65. The van der Waals surface area contributed by atoms with Crippen molar-refractivity contribution in [1.29, 1.82) is 0 Å². The Labute approximate surface area is 192 Å². The molecule has 2 aromatic heterocycles. The number of hydrogen-bond donors (Lipinski definition) is 3. The zero-order valence-electron chi connectivity index (χ0n) is 17.2. The van der Waals surface area contributed by atoms with Gasteiger partial charge in [-0.2, -0.15) is 5.10 Å². The summed E-state index contributed by atoms with van der Waals surface area (Å²) < 4.78 is 26.4. The first-order valence-corrected chi connectivity index (χ1v) is 12.2. The Morgan fingerprint density at radius 2 is 1.94 bits per heavy atom. The number of amides is 2.